The third-order valence-corrected chi connectivity index (χ3v) is 3.56. The molecule has 0 aromatic rings. The average molecular weight is 239 g/mol. The van der Waals surface area contributed by atoms with Gasteiger partial charge in [-0.2, -0.15) is 0 Å². The van der Waals surface area contributed by atoms with Crippen molar-refractivity contribution in [3.05, 3.63) is 0 Å². The van der Waals surface area contributed by atoms with Gasteiger partial charge < -0.3 is 4.79 Å². The zero-order valence-electron chi connectivity index (χ0n) is 9.04. The molecule has 5 heteroatoms. The monoisotopic (exact) mass is 239 g/mol. The van der Waals surface area contributed by atoms with Crippen LogP contribution in [0.2, 0.25) is 0 Å². The van der Waals surface area contributed by atoms with Crippen molar-refractivity contribution in [2.24, 2.45) is 0 Å². The normalized spacial score (nSPS) is 8.71. The fourth-order valence-corrected chi connectivity index (χ4v) is 2.50. The quantitative estimate of drug-likeness (QED) is 0.731. The molecule has 0 bridgehead atoms. The second-order valence-electron chi connectivity index (χ2n) is 2.69. The minimum absolute atomic E-state index is 0.167. The number of carbonyl (C=O) groups excluding carboxylic acids is 4. The molecule has 0 unspecified atom stereocenters. The van der Waals surface area contributed by atoms with Crippen molar-refractivity contribution in [1.29, 1.82) is 0 Å². The Morgan fingerprint density at radius 1 is 0.643 bits per heavy atom. The maximum absolute atomic E-state index is 10.6. The molecule has 0 atom stereocenters. The van der Waals surface area contributed by atoms with Crippen molar-refractivity contribution < 1.29 is 33.3 Å². The molecule has 0 aromatic carbocycles. The summed E-state index contributed by atoms with van der Waals surface area (Å²) in [6, 6.07) is 0. The first-order valence-electron chi connectivity index (χ1n) is 3.93. The number of Topliss-reactive ketones (excluding diaryl/α,β-unsaturated/α-hetero) is 1. The summed E-state index contributed by atoms with van der Waals surface area (Å²) in [4.78, 5) is 41.4. The third-order valence-electron chi connectivity index (χ3n) is 0.862. The number of carbonyl (C=O) groups is 4. The van der Waals surface area contributed by atoms with Gasteiger partial charge in [-0.25, -0.2) is 0 Å². The van der Waals surface area contributed by atoms with Crippen LogP contribution >= 0.6 is 0 Å². The fraction of sp³-hybridized carbons (Fsp3) is 0.556. The summed E-state index contributed by atoms with van der Waals surface area (Å²) in [6.45, 7) is 6.95. The van der Waals surface area contributed by atoms with Crippen LogP contribution in [0.5, 0.6) is 0 Å². The maximum atomic E-state index is 10.6. The van der Waals surface area contributed by atoms with Crippen molar-refractivity contribution in [1.82, 2.24) is 0 Å². The molecule has 0 saturated heterocycles. The molecule has 0 amide bonds. The van der Waals surface area contributed by atoms with Crippen LogP contribution in [-0.4, -0.2) is 19.7 Å². The Hall–Kier alpha value is -0.788. The number of hydrogen-bond acceptors (Lipinski definition) is 4. The van der Waals surface area contributed by atoms with Crippen molar-refractivity contribution >= 4 is 19.7 Å². The summed E-state index contributed by atoms with van der Waals surface area (Å²) in [6.07, 6.45) is 0. The van der Waals surface area contributed by atoms with Crippen LogP contribution < -0.4 is 0 Å². The second-order valence-corrected chi connectivity index (χ2v) is 6.34. The first kappa shape index (κ1) is 15.7. The summed E-state index contributed by atoms with van der Waals surface area (Å²) < 4.78 is -0.750. The van der Waals surface area contributed by atoms with Crippen molar-refractivity contribution in [2.75, 3.05) is 0 Å². The zero-order valence-corrected chi connectivity index (χ0v) is 10.3. The van der Waals surface area contributed by atoms with Gasteiger partial charge in [-0.1, -0.05) is 0 Å². The third kappa shape index (κ3) is 9.30. The van der Waals surface area contributed by atoms with Gasteiger partial charge in [0.15, 0.2) is 0 Å². The van der Waals surface area contributed by atoms with E-state index in [9.17, 15) is 19.2 Å². The Bertz CT molecular complexity index is 220. The Morgan fingerprint density at radius 3 is 0.786 bits per heavy atom. The number of hydrogen-bond donors (Lipinski definition) is 0. The van der Waals surface area contributed by atoms with Crippen LogP contribution in [0.1, 0.15) is 34.6 Å². The molecule has 0 fully saturated rings. The minimum atomic E-state index is -2.24. The average Bonchev–Trinajstić information content (AvgIpc) is 1.80. The standard InChI is InChI=1S/C3H6O.3C2H3O.Cr/c1-3(2)4;3*1-2-3;/h1-2H3;3*1H3;. The van der Waals surface area contributed by atoms with E-state index < -0.39 is 14.1 Å². The Balaban J connectivity index is 0. The molecule has 0 aliphatic carbocycles. The van der Waals surface area contributed by atoms with E-state index >= 15 is 0 Å². The van der Waals surface area contributed by atoms with Crippen LogP contribution in [0.25, 0.3) is 0 Å². The molecule has 0 radical (unpaired) electrons. The van der Waals surface area contributed by atoms with E-state index in [1.165, 1.54) is 34.6 Å². The van der Waals surface area contributed by atoms with Gasteiger partial charge in [0.2, 0.25) is 0 Å². The topological polar surface area (TPSA) is 68.3 Å². The second kappa shape index (κ2) is 7.60. The van der Waals surface area contributed by atoms with Gasteiger partial charge in [-0.3, -0.25) is 0 Å². The van der Waals surface area contributed by atoms with Gasteiger partial charge in [0.25, 0.3) is 0 Å². The van der Waals surface area contributed by atoms with Gasteiger partial charge in [0.1, 0.15) is 5.78 Å². The Labute approximate surface area is 88.1 Å². The molecular weight excluding hydrogens is 224 g/mol. The van der Waals surface area contributed by atoms with Gasteiger partial charge in [0, 0.05) is 0 Å². The molecule has 81 valence electrons. The predicted octanol–water partition coefficient (Wildman–Crippen LogP) is 0.839. The number of rotatable bonds is 3. The van der Waals surface area contributed by atoms with Crippen LogP contribution in [0, 0.1) is 0 Å². The van der Waals surface area contributed by atoms with Gasteiger partial charge in [0.05, 0.1) is 0 Å². The first-order chi connectivity index (χ1) is 6.20. The predicted molar refractivity (Wildman–Crippen MR) is 48.4 cm³/mol. The van der Waals surface area contributed by atoms with Crippen molar-refractivity contribution in [2.45, 2.75) is 34.6 Å². The van der Waals surface area contributed by atoms with Crippen LogP contribution in [0.4, 0.5) is 0 Å². The van der Waals surface area contributed by atoms with E-state index in [4.69, 9.17) is 0 Å². The molecule has 0 aromatic heterocycles. The van der Waals surface area contributed by atoms with Crippen molar-refractivity contribution in [3.8, 4) is 0 Å². The Kier molecular flexibility index (Phi) is 8.51. The summed E-state index contributed by atoms with van der Waals surface area (Å²) in [5, 5.41) is 0. The first-order valence-corrected chi connectivity index (χ1v) is 5.84. The molecular formula is C9H15CrO4. The molecule has 0 spiro atoms. The van der Waals surface area contributed by atoms with Crippen LogP contribution in [0.15, 0.2) is 0 Å². The summed E-state index contributed by atoms with van der Waals surface area (Å²) in [5.41, 5.74) is 0. The van der Waals surface area contributed by atoms with E-state index in [1.807, 2.05) is 0 Å². The molecule has 14 heavy (non-hydrogen) atoms. The van der Waals surface area contributed by atoms with Crippen LogP contribution in [0.3, 0.4) is 0 Å². The zero-order chi connectivity index (χ0) is 11.9. The SMILES string of the molecule is CC(C)=O.C[C](=O)[Cr]([C](C)=O)[C](C)=O. The molecule has 4 nitrogen and oxygen atoms in total. The van der Waals surface area contributed by atoms with Gasteiger partial charge in [-0.15, -0.1) is 0 Å². The van der Waals surface area contributed by atoms with Gasteiger partial charge >= 0.3 is 63.2 Å². The van der Waals surface area contributed by atoms with Crippen molar-refractivity contribution in [3.63, 3.8) is 0 Å². The summed E-state index contributed by atoms with van der Waals surface area (Å²) >= 11 is -2.24. The van der Waals surface area contributed by atoms with E-state index in [1.54, 1.807) is 0 Å². The molecule has 0 aliphatic rings. The Morgan fingerprint density at radius 2 is 0.786 bits per heavy atom. The fourth-order valence-electron chi connectivity index (χ4n) is 0.607. The van der Waals surface area contributed by atoms with E-state index in [0.717, 1.165) is 0 Å². The van der Waals surface area contributed by atoms with E-state index in [0.29, 0.717) is 0 Å². The van der Waals surface area contributed by atoms with E-state index in [-0.39, 0.29) is 19.7 Å². The van der Waals surface area contributed by atoms with Gasteiger partial charge in [-0.05, 0) is 13.8 Å². The summed E-state index contributed by atoms with van der Waals surface area (Å²) in [7, 11) is 0. The number of ketones is 1. The molecule has 0 aliphatic heterocycles. The molecule has 0 N–H and O–H groups in total. The molecule has 0 rings (SSSR count). The van der Waals surface area contributed by atoms with E-state index in [2.05, 4.69) is 0 Å². The molecule has 0 heterocycles. The molecule has 0 saturated carbocycles. The summed E-state index contributed by atoms with van der Waals surface area (Å²) in [5.74, 6) is 0.167. The van der Waals surface area contributed by atoms with Crippen LogP contribution in [-0.2, 0) is 33.3 Å².